The molecule has 1 aliphatic heterocycles. The smallest absolute Gasteiger partial charge is 0.273 e. The molecule has 0 bridgehead atoms. The number of nitrogens with one attached hydrogen (secondary N) is 1. The highest BCUT2D eigenvalue weighted by molar-refractivity contribution is 5.96. The minimum atomic E-state index is -0.0881. The van der Waals surface area contributed by atoms with Crippen LogP contribution < -0.4 is 5.32 Å². The highest BCUT2D eigenvalue weighted by Crippen LogP contribution is 2.24. The van der Waals surface area contributed by atoms with Crippen LogP contribution in [0.5, 0.6) is 0 Å². The molecule has 1 aromatic carbocycles. The summed E-state index contributed by atoms with van der Waals surface area (Å²) < 4.78 is 1.97. The largest absolute Gasteiger partial charge is 0.336 e. The van der Waals surface area contributed by atoms with Crippen molar-refractivity contribution in [3.05, 3.63) is 59.8 Å². The number of amides is 1. The van der Waals surface area contributed by atoms with E-state index in [-0.39, 0.29) is 36.8 Å². The third-order valence-corrected chi connectivity index (χ3v) is 4.80. The second-order valence-corrected chi connectivity index (χ2v) is 6.46. The third kappa shape index (κ3) is 3.93. The number of nitrogens with zero attached hydrogens (tertiary/aromatic N) is 4. The minimum absolute atomic E-state index is 0. The molecule has 1 unspecified atom stereocenters. The Morgan fingerprint density at radius 3 is 2.78 bits per heavy atom. The Kier molecular flexibility index (Phi) is 6.81. The van der Waals surface area contributed by atoms with E-state index in [0.717, 1.165) is 28.8 Å². The molecule has 1 N–H and O–H groups in total. The minimum Gasteiger partial charge on any atom is -0.336 e. The van der Waals surface area contributed by atoms with Crippen molar-refractivity contribution < 1.29 is 4.79 Å². The first kappa shape index (κ1) is 21.2. The van der Waals surface area contributed by atoms with Crippen LogP contribution >= 0.6 is 24.8 Å². The molecule has 0 radical (unpaired) electrons. The predicted octanol–water partition coefficient (Wildman–Crippen LogP) is 2.91. The molecule has 0 spiro atoms. The van der Waals surface area contributed by atoms with Gasteiger partial charge in [0.1, 0.15) is 17.6 Å². The number of imidazole rings is 1. The lowest BCUT2D eigenvalue weighted by molar-refractivity contribution is 0.0615. The summed E-state index contributed by atoms with van der Waals surface area (Å²) in [5.41, 5.74) is 2.42. The molecule has 27 heavy (non-hydrogen) atoms. The SMILES string of the molecule is Cc1cc(C(=O)N2CCNCC2c2nccn2C)nc2ccccc12.Cl.Cl. The Morgan fingerprint density at radius 2 is 2.04 bits per heavy atom. The number of benzene rings is 1. The first-order chi connectivity index (χ1) is 12.1. The van der Waals surface area contributed by atoms with Gasteiger partial charge in [0.2, 0.25) is 0 Å². The summed E-state index contributed by atoms with van der Waals surface area (Å²) in [6.45, 7) is 4.14. The topological polar surface area (TPSA) is 63.1 Å². The molecule has 1 fully saturated rings. The van der Waals surface area contributed by atoms with E-state index in [1.54, 1.807) is 6.20 Å². The van der Waals surface area contributed by atoms with Crippen molar-refractivity contribution in [3.8, 4) is 0 Å². The van der Waals surface area contributed by atoms with Gasteiger partial charge in [0.05, 0.1) is 5.52 Å². The average molecular weight is 408 g/mol. The molecular weight excluding hydrogens is 385 g/mol. The summed E-state index contributed by atoms with van der Waals surface area (Å²) >= 11 is 0. The molecule has 8 heteroatoms. The maximum Gasteiger partial charge on any atom is 0.273 e. The van der Waals surface area contributed by atoms with Gasteiger partial charge in [-0.05, 0) is 24.6 Å². The monoisotopic (exact) mass is 407 g/mol. The lowest BCUT2D eigenvalue weighted by Crippen LogP contribution is -2.49. The van der Waals surface area contributed by atoms with Gasteiger partial charge in [-0.1, -0.05) is 18.2 Å². The quantitative estimate of drug-likeness (QED) is 0.709. The van der Waals surface area contributed by atoms with Crippen molar-refractivity contribution in [2.75, 3.05) is 19.6 Å². The fourth-order valence-corrected chi connectivity index (χ4v) is 3.48. The van der Waals surface area contributed by atoms with Gasteiger partial charge in [-0.2, -0.15) is 0 Å². The third-order valence-electron chi connectivity index (χ3n) is 4.80. The van der Waals surface area contributed by atoms with Gasteiger partial charge >= 0.3 is 0 Å². The number of carbonyl (C=O) groups is 1. The van der Waals surface area contributed by atoms with Crippen molar-refractivity contribution in [1.82, 2.24) is 24.8 Å². The molecule has 3 aromatic rings. The zero-order chi connectivity index (χ0) is 17.4. The summed E-state index contributed by atoms with van der Waals surface area (Å²) in [7, 11) is 1.96. The van der Waals surface area contributed by atoms with Crippen molar-refractivity contribution in [2.45, 2.75) is 13.0 Å². The van der Waals surface area contributed by atoms with Gasteiger partial charge in [-0.25, -0.2) is 9.97 Å². The average Bonchev–Trinajstić information content (AvgIpc) is 3.07. The summed E-state index contributed by atoms with van der Waals surface area (Å²) in [5.74, 6) is 0.849. The van der Waals surface area contributed by atoms with E-state index in [1.165, 1.54) is 0 Å². The number of para-hydroxylation sites is 1. The van der Waals surface area contributed by atoms with Crippen LogP contribution in [0.4, 0.5) is 0 Å². The number of halogens is 2. The van der Waals surface area contributed by atoms with Crippen LogP contribution in [-0.4, -0.2) is 45.0 Å². The maximum absolute atomic E-state index is 13.2. The molecule has 3 heterocycles. The Morgan fingerprint density at radius 1 is 1.26 bits per heavy atom. The van der Waals surface area contributed by atoms with E-state index in [0.29, 0.717) is 18.8 Å². The van der Waals surface area contributed by atoms with Crippen LogP contribution in [0.1, 0.15) is 27.9 Å². The molecule has 6 nitrogen and oxygen atoms in total. The number of aryl methyl sites for hydroxylation is 2. The molecule has 1 atom stereocenters. The second kappa shape index (κ2) is 8.69. The second-order valence-electron chi connectivity index (χ2n) is 6.46. The van der Waals surface area contributed by atoms with E-state index >= 15 is 0 Å². The van der Waals surface area contributed by atoms with Crippen molar-refractivity contribution in [2.24, 2.45) is 7.05 Å². The van der Waals surface area contributed by atoms with Gasteiger partial charge in [0, 0.05) is 44.5 Å². The number of piperazine rings is 1. The molecule has 1 saturated heterocycles. The van der Waals surface area contributed by atoms with E-state index in [2.05, 4.69) is 15.3 Å². The Balaban J connectivity index is 0.00000131. The number of aromatic nitrogens is 3. The Labute approximate surface area is 170 Å². The van der Waals surface area contributed by atoms with Crippen molar-refractivity contribution in [1.29, 1.82) is 0 Å². The van der Waals surface area contributed by atoms with Crippen LogP contribution in [0.25, 0.3) is 10.9 Å². The molecule has 144 valence electrons. The number of hydrogen-bond acceptors (Lipinski definition) is 4. The van der Waals surface area contributed by atoms with E-state index < -0.39 is 0 Å². The Bertz CT molecular complexity index is 943. The molecule has 1 amide bonds. The summed E-state index contributed by atoms with van der Waals surface area (Å²) in [4.78, 5) is 24.1. The number of carbonyl (C=O) groups excluding carboxylic acids is 1. The van der Waals surface area contributed by atoms with Crippen LogP contribution in [0.3, 0.4) is 0 Å². The number of rotatable bonds is 2. The molecule has 2 aromatic heterocycles. The van der Waals surface area contributed by atoms with Gasteiger partial charge in [-0.3, -0.25) is 4.79 Å². The molecule has 4 rings (SSSR count). The normalized spacial score (nSPS) is 16.5. The number of fused-ring (bicyclic) bond motifs is 1. The first-order valence-corrected chi connectivity index (χ1v) is 8.50. The number of hydrogen-bond donors (Lipinski definition) is 1. The van der Waals surface area contributed by atoms with Crippen molar-refractivity contribution >= 4 is 41.6 Å². The molecular formula is C19H23Cl2N5O. The summed E-state index contributed by atoms with van der Waals surface area (Å²) in [5, 5.41) is 4.44. The first-order valence-electron chi connectivity index (χ1n) is 8.50. The fourth-order valence-electron chi connectivity index (χ4n) is 3.48. The van der Waals surface area contributed by atoms with Gasteiger partial charge in [-0.15, -0.1) is 24.8 Å². The molecule has 0 saturated carbocycles. The predicted molar refractivity (Wildman–Crippen MR) is 111 cm³/mol. The van der Waals surface area contributed by atoms with E-state index in [1.807, 2.05) is 60.0 Å². The molecule has 0 aliphatic carbocycles. The zero-order valence-electron chi connectivity index (χ0n) is 15.3. The Hall–Kier alpha value is -2.15. The highest BCUT2D eigenvalue weighted by Gasteiger charge is 2.31. The fraction of sp³-hybridized carbons (Fsp3) is 0.316. The highest BCUT2D eigenvalue weighted by atomic mass is 35.5. The van der Waals surface area contributed by atoms with E-state index in [9.17, 15) is 4.79 Å². The van der Waals surface area contributed by atoms with E-state index in [4.69, 9.17) is 0 Å². The summed E-state index contributed by atoms with van der Waals surface area (Å²) in [6.07, 6.45) is 3.68. The van der Waals surface area contributed by atoms with Crippen LogP contribution in [0.15, 0.2) is 42.7 Å². The lowest BCUT2D eigenvalue weighted by Gasteiger charge is -2.35. The zero-order valence-corrected chi connectivity index (χ0v) is 16.9. The van der Waals surface area contributed by atoms with Gasteiger partial charge in [0.25, 0.3) is 5.91 Å². The van der Waals surface area contributed by atoms with Gasteiger partial charge < -0.3 is 14.8 Å². The van der Waals surface area contributed by atoms with Gasteiger partial charge in [0.15, 0.2) is 0 Å². The standard InChI is InChI=1S/C19H21N5O.2ClH/c1-13-11-16(22-15-6-4-3-5-14(13)15)19(25)24-10-7-20-12-17(24)18-21-8-9-23(18)2;;/h3-6,8-9,11,17,20H,7,10,12H2,1-2H3;2*1H. The van der Waals surface area contributed by atoms with Crippen molar-refractivity contribution in [3.63, 3.8) is 0 Å². The number of pyridine rings is 1. The van der Waals surface area contributed by atoms with Crippen LogP contribution in [0.2, 0.25) is 0 Å². The lowest BCUT2D eigenvalue weighted by atomic mass is 10.1. The molecule has 1 aliphatic rings. The van der Waals surface area contributed by atoms with Crippen LogP contribution in [0, 0.1) is 6.92 Å². The van der Waals surface area contributed by atoms with Crippen LogP contribution in [-0.2, 0) is 7.05 Å². The summed E-state index contributed by atoms with van der Waals surface area (Å²) in [6, 6.07) is 9.73. The maximum atomic E-state index is 13.2.